The number of hydrogen-bond donors (Lipinski definition) is 1. The minimum Gasteiger partial charge on any atom is -0.324 e. The highest BCUT2D eigenvalue weighted by atomic mass is 19.1. The van der Waals surface area contributed by atoms with Crippen molar-refractivity contribution in [1.82, 2.24) is 4.98 Å². The van der Waals surface area contributed by atoms with Gasteiger partial charge in [-0.3, -0.25) is 4.98 Å². The lowest BCUT2D eigenvalue weighted by molar-refractivity contribution is 0.625. The largest absolute Gasteiger partial charge is 0.324 e. The fourth-order valence-electron chi connectivity index (χ4n) is 1.78. The predicted octanol–water partition coefficient (Wildman–Crippen LogP) is 3.30. The van der Waals surface area contributed by atoms with Gasteiger partial charge in [-0.25, -0.2) is 4.39 Å². The van der Waals surface area contributed by atoms with E-state index in [0.717, 1.165) is 17.5 Å². The number of nitrogens with two attached hydrogens (primary N) is 1. The average Bonchev–Trinajstić information content (AvgIpc) is 2.38. The summed E-state index contributed by atoms with van der Waals surface area (Å²) in [6.07, 6.45) is 3.68. The Kier molecular flexibility index (Phi) is 3.49. The Labute approximate surface area is 100 Å². The van der Waals surface area contributed by atoms with E-state index in [0.29, 0.717) is 5.56 Å². The molecule has 0 spiro atoms. The third-order valence-corrected chi connectivity index (χ3v) is 2.84. The Bertz CT molecular complexity index is 511. The Morgan fingerprint density at radius 2 is 2.18 bits per heavy atom. The summed E-state index contributed by atoms with van der Waals surface area (Å²) in [5, 5.41) is 0. The van der Waals surface area contributed by atoms with Gasteiger partial charge in [0.1, 0.15) is 5.82 Å². The van der Waals surface area contributed by atoms with Gasteiger partial charge in [0.25, 0.3) is 0 Å². The normalized spacial score (nSPS) is 12.4. The van der Waals surface area contributed by atoms with Crippen molar-refractivity contribution in [3.63, 3.8) is 0 Å². The second-order valence-electron chi connectivity index (χ2n) is 4.00. The fourth-order valence-corrected chi connectivity index (χ4v) is 1.78. The summed E-state index contributed by atoms with van der Waals surface area (Å²) in [5.41, 5.74) is 8.40. The van der Waals surface area contributed by atoms with E-state index in [1.165, 1.54) is 6.20 Å². The van der Waals surface area contributed by atoms with Crippen molar-refractivity contribution in [2.45, 2.75) is 19.4 Å². The van der Waals surface area contributed by atoms with Gasteiger partial charge in [0.15, 0.2) is 0 Å². The summed E-state index contributed by atoms with van der Waals surface area (Å²) >= 11 is 0. The Hall–Kier alpha value is -1.74. The van der Waals surface area contributed by atoms with Crippen molar-refractivity contribution in [3.8, 4) is 11.1 Å². The van der Waals surface area contributed by atoms with E-state index < -0.39 is 0 Å². The fraction of sp³-hybridized carbons (Fsp3) is 0.214. The molecule has 17 heavy (non-hydrogen) atoms. The third kappa shape index (κ3) is 2.50. The molecule has 2 N–H and O–H groups in total. The number of aromatic nitrogens is 1. The molecule has 0 radical (unpaired) electrons. The first-order chi connectivity index (χ1) is 8.22. The second kappa shape index (κ2) is 5.06. The molecule has 0 fully saturated rings. The lowest BCUT2D eigenvalue weighted by Gasteiger charge is -2.11. The van der Waals surface area contributed by atoms with Crippen LogP contribution in [0, 0.1) is 5.82 Å². The molecule has 0 aliphatic heterocycles. The van der Waals surface area contributed by atoms with Crippen LogP contribution >= 0.6 is 0 Å². The van der Waals surface area contributed by atoms with Crippen LogP contribution in [0.1, 0.15) is 24.9 Å². The molecule has 2 aromatic rings. The van der Waals surface area contributed by atoms with Gasteiger partial charge in [0.05, 0.1) is 6.20 Å². The van der Waals surface area contributed by atoms with Crippen molar-refractivity contribution in [1.29, 1.82) is 0 Å². The summed E-state index contributed by atoms with van der Waals surface area (Å²) in [6, 6.07) is 9.36. The quantitative estimate of drug-likeness (QED) is 0.878. The van der Waals surface area contributed by atoms with Crippen LogP contribution < -0.4 is 5.73 Å². The second-order valence-corrected chi connectivity index (χ2v) is 4.00. The van der Waals surface area contributed by atoms with E-state index >= 15 is 0 Å². The van der Waals surface area contributed by atoms with Gasteiger partial charge in [-0.15, -0.1) is 0 Å². The molecular formula is C14H15FN2. The molecule has 1 aromatic heterocycles. The van der Waals surface area contributed by atoms with E-state index in [1.54, 1.807) is 12.3 Å². The van der Waals surface area contributed by atoms with Crippen LogP contribution in [0.25, 0.3) is 11.1 Å². The number of benzene rings is 1. The smallest absolute Gasteiger partial charge is 0.149 e. The van der Waals surface area contributed by atoms with Crippen LogP contribution in [-0.2, 0) is 0 Å². The molecule has 0 aliphatic carbocycles. The Morgan fingerprint density at radius 1 is 1.35 bits per heavy atom. The van der Waals surface area contributed by atoms with Crippen molar-refractivity contribution in [2.24, 2.45) is 5.73 Å². The standard InChI is InChI=1S/C14H15FN2/c1-2-14(16)11-5-3-4-10(8-11)12-6-7-17-9-13(12)15/h3-9,14H,2,16H2,1H3. The number of halogens is 1. The van der Waals surface area contributed by atoms with E-state index in [4.69, 9.17) is 5.73 Å². The highest BCUT2D eigenvalue weighted by molar-refractivity contribution is 5.64. The van der Waals surface area contributed by atoms with Gasteiger partial charge in [0.2, 0.25) is 0 Å². The number of nitrogens with zero attached hydrogens (tertiary/aromatic N) is 1. The van der Waals surface area contributed by atoms with Crippen molar-refractivity contribution < 1.29 is 4.39 Å². The highest BCUT2D eigenvalue weighted by Gasteiger charge is 2.07. The van der Waals surface area contributed by atoms with Crippen LogP contribution in [0.3, 0.4) is 0 Å². The summed E-state index contributed by atoms with van der Waals surface area (Å²) in [6.45, 7) is 2.03. The maximum Gasteiger partial charge on any atom is 0.149 e. The van der Waals surface area contributed by atoms with Crippen LogP contribution in [0.2, 0.25) is 0 Å². The molecule has 88 valence electrons. The van der Waals surface area contributed by atoms with Crippen LogP contribution in [0.4, 0.5) is 4.39 Å². The van der Waals surface area contributed by atoms with Crippen LogP contribution in [-0.4, -0.2) is 4.98 Å². The van der Waals surface area contributed by atoms with E-state index in [1.807, 2.05) is 31.2 Å². The first kappa shape index (κ1) is 11.7. The van der Waals surface area contributed by atoms with Gasteiger partial charge < -0.3 is 5.73 Å². The molecule has 2 rings (SSSR count). The minimum absolute atomic E-state index is 0.000140. The third-order valence-electron chi connectivity index (χ3n) is 2.84. The van der Waals surface area contributed by atoms with Gasteiger partial charge in [0, 0.05) is 17.8 Å². The van der Waals surface area contributed by atoms with E-state index in [-0.39, 0.29) is 11.9 Å². The summed E-state index contributed by atoms with van der Waals surface area (Å²) in [7, 11) is 0. The molecule has 0 amide bonds. The average molecular weight is 230 g/mol. The first-order valence-electron chi connectivity index (χ1n) is 5.67. The molecule has 1 heterocycles. The monoisotopic (exact) mass is 230 g/mol. The molecular weight excluding hydrogens is 215 g/mol. The molecule has 0 bridgehead atoms. The zero-order chi connectivity index (χ0) is 12.3. The minimum atomic E-state index is -0.310. The maximum atomic E-state index is 13.6. The Morgan fingerprint density at radius 3 is 2.88 bits per heavy atom. The van der Waals surface area contributed by atoms with Crippen LogP contribution in [0.5, 0.6) is 0 Å². The summed E-state index contributed by atoms with van der Waals surface area (Å²) in [4.78, 5) is 3.74. The van der Waals surface area contributed by atoms with Gasteiger partial charge in [-0.1, -0.05) is 25.1 Å². The predicted molar refractivity (Wildman–Crippen MR) is 66.9 cm³/mol. The topological polar surface area (TPSA) is 38.9 Å². The maximum absolute atomic E-state index is 13.6. The zero-order valence-corrected chi connectivity index (χ0v) is 9.73. The number of pyridine rings is 1. The highest BCUT2D eigenvalue weighted by Crippen LogP contribution is 2.25. The molecule has 1 atom stereocenters. The number of rotatable bonds is 3. The first-order valence-corrected chi connectivity index (χ1v) is 5.67. The van der Waals surface area contributed by atoms with E-state index in [2.05, 4.69) is 4.98 Å². The van der Waals surface area contributed by atoms with Gasteiger partial charge in [-0.2, -0.15) is 0 Å². The summed E-state index contributed by atoms with van der Waals surface area (Å²) < 4.78 is 13.6. The van der Waals surface area contributed by atoms with Crippen molar-refractivity contribution >= 4 is 0 Å². The molecule has 1 unspecified atom stereocenters. The van der Waals surface area contributed by atoms with Crippen molar-refractivity contribution in [2.75, 3.05) is 0 Å². The van der Waals surface area contributed by atoms with Crippen LogP contribution in [0.15, 0.2) is 42.7 Å². The Balaban J connectivity index is 2.43. The molecule has 0 aliphatic rings. The molecule has 1 aromatic carbocycles. The van der Waals surface area contributed by atoms with Gasteiger partial charge in [-0.05, 0) is 29.7 Å². The number of hydrogen-bond acceptors (Lipinski definition) is 2. The van der Waals surface area contributed by atoms with Gasteiger partial charge >= 0.3 is 0 Å². The van der Waals surface area contributed by atoms with E-state index in [9.17, 15) is 4.39 Å². The molecule has 0 saturated heterocycles. The zero-order valence-electron chi connectivity index (χ0n) is 9.73. The molecule has 0 saturated carbocycles. The lowest BCUT2D eigenvalue weighted by atomic mass is 9.99. The molecule has 2 nitrogen and oxygen atoms in total. The summed E-state index contributed by atoms with van der Waals surface area (Å²) in [5.74, 6) is -0.310. The SMILES string of the molecule is CCC(N)c1cccc(-c2ccncc2F)c1. The lowest BCUT2D eigenvalue weighted by Crippen LogP contribution is -2.08. The molecule has 3 heteroatoms. The van der Waals surface area contributed by atoms with Crippen molar-refractivity contribution in [3.05, 3.63) is 54.1 Å².